The fourth-order valence-electron chi connectivity index (χ4n) is 3.56. The van der Waals surface area contributed by atoms with Gasteiger partial charge in [-0.05, 0) is 37.5 Å². The Morgan fingerprint density at radius 1 is 1.14 bits per heavy atom. The number of unbranched alkanes of at least 4 members (excludes halogenated alkanes) is 1. The van der Waals surface area contributed by atoms with Crippen LogP contribution >= 0.6 is 0 Å². The van der Waals surface area contributed by atoms with E-state index in [1.807, 2.05) is 0 Å². The maximum Gasteiger partial charge on any atom is 0.223 e. The van der Waals surface area contributed by atoms with Crippen LogP contribution < -0.4 is 5.32 Å². The van der Waals surface area contributed by atoms with Gasteiger partial charge in [-0.25, -0.2) is 0 Å². The molecular weight excluding hydrogens is 262 g/mol. The first-order valence-electron chi connectivity index (χ1n) is 9.08. The van der Waals surface area contributed by atoms with Gasteiger partial charge in [0.05, 0.1) is 6.10 Å². The summed E-state index contributed by atoms with van der Waals surface area (Å²) in [4.78, 5) is 12.2. The van der Waals surface area contributed by atoms with Gasteiger partial charge in [-0.2, -0.15) is 0 Å². The van der Waals surface area contributed by atoms with E-state index in [9.17, 15) is 9.90 Å². The molecule has 1 unspecified atom stereocenters. The molecule has 0 saturated heterocycles. The minimum atomic E-state index is -0.398. The van der Waals surface area contributed by atoms with Crippen molar-refractivity contribution < 1.29 is 9.90 Å². The van der Waals surface area contributed by atoms with Crippen LogP contribution in [0.15, 0.2) is 0 Å². The Hall–Kier alpha value is -0.570. The number of hydrogen-bond acceptors (Lipinski definition) is 2. The number of nitrogens with one attached hydrogen (secondary N) is 1. The molecule has 1 atom stereocenters. The molecule has 3 nitrogen and oxygen atoms in total. The molecule has 0 heterocycles. The normalized spacial score (nSPS) is 24.0. The van der Waals surface area contributed by atoms with E-state index < -0.39 is 6.10 Å². The molecule has 1 aliphatic rings. The van der Waals surface area contributed by atoms with Crippen LogP contribution in [0.1, 0.15) is 78.6 Å². The summed E-state index contributed by atoms with van der Waals surface area (Å²) in [6.45, 7) is 6.85. The Balaban J connectivity index is 2.24. The van der Waals surface area contributed by atoms with Gasteiger partial charge < -0.3 is 10.4 Å². The number of aliphatic hydroxyl groups excluding tert-OH is 1. The summed E-state index contributed by atoms with van der Waals surface area (Å²) in [5.41, 5.74) is 0. The van der Waals surface area contributed by atoms with Crippen LogP contribution in [0.2, 0.25) is 0 Å². The molecule has 1 fully saturated rings. The van der Waals surface area contributed by atoms with Crippen molar-refractivity contribution >= 4 is 5.91 Å². The summed E-state index contributed by atoms with van der Waals surface area (Å²) in [5, 5.41) is 13.1. The van der Waals surface area contributed by atoms with Crippen LogP contribution in [0.25, 0.3) is 0 Å². The van der Waals surface area contributed by atoms with Crippen molar-refractivity contribution in [3.8, 4) is 0 Å². The van der Waals surface area contributed by atoms with Gasteiger partial charge >= 0.3 is 0 Å². The van der Waals surface area contributed by atoms with Crippen molar-refractivity contribution in [2.75, 3.05) is 6.54 Å². The van der Waals surface area contributed by atoms with Gasteiger partial charge in [0.2, 0.25) is 5.91 Å². The van der Waals surface area contributed by atoms with Crippen LogP contribution in [0.4, 0.5) is 0 Å². The van der Waals surface area contributed by atoms with Crippen LogP contribution in [0.3, 0.4) is 0 Å². The van der Waals surface area contributed by atoms with E-state index in [2.05, 4.69) is 26.1 Å². The van der Waals surface area contributed by atoms with E-state index in [4.69, 9.17) is 0 Å². The number of carbonyl (C=O) groups excluding carboxylic acids is 1. The second-order valence-corrected chi connectivity index (χ2v) is 6.75. The zero-order chi connectivity index (χ0) is 15.7. The van der Waals surface area contributed by atoms with Crippen molar-refractivity contribution in [2.45, 2.75) is 84.7 Å². The molecule has 1 saturated carbocycles. The fourth-order valence-corrected chi connectivity index (χ4v) is 3.56. The topological polar surface area (TPSA) is 49.3 Å². The van der Waals surface area contributed by atoms with Crippen LogP contribution in [0.5, 0.6) is 0 Å². The number of carbonyl (C=O) groups is 1. The number of hydrogen-bond donors (Lipinski definition) is 2. The van der Waals surface area contributed by atoms with Gasteiger partial charge in [0.1, 0.15) is 0 Å². The van der Waals surface area contributed by atoms with Crippen molar-refractivity contribution in [1.82, 2.24) is 5.32 Å². The largest absolute Gasteiger partial charge is 0.391 e. The minimum Gasteiger partial charge on any atom is -0.391 e. The zero-order valence-electron chi connectivity index (χ0n) is 14.2. The van der Waals surface area contributed by atoms with Gasteiger partial charge in [0.25, 0.3) is 0 Å². The lowest BCUT2D eigenvalue weighted by Crippen LogP contribution is -2.40. The average Bonchev–Trinajstić information content (AvgIpc) is 2.52. The highest BCUT2D eigenvalue weighted by Gasteiger charge is 2.26. The highest BCUT2D eigenvalue weighted by molar-refractivity contribution is 5.78. The van der Waals surface area contributed by atoms with Crippen LogP contribution in [-0.4, -0.2) is 23.7 Å². The Morgan fingerprint density at radius 3 is 2.29 bits per heavy atom. The molecule has 21 heavy (non-hydrogen) atoms. The monoisotopic (exact) mass is 297 g/mol. The van der Waals surface area contributed by atoms with Gasteiger partial charge in [0.15, 0.2) is 0 Å². The molecule has 2 N–H and O–H groups in total. The van der Waals surface area contributed by atoms with E-state index in [0.717, 1.165) is 31.6 Å². The smallest absolute Gasteiger partial charge is 0.223 e. The van der Waals surface area contributed by atoms with Crippen molar-refractivity contribution in [1.29, 1.82) is 0 Å². The Bertz CT molecular complexity index is 281. The first kappa shape index (κ1) is 18.5. The van der Waals surface area contributed by atoms with Gasteiger partial charge in [-0.15, -0.1) is 0 Å². The second-order valence-electron chi connectivity index (χ2n) is 6.75. The van der Waals surface area contributed by atoms with Gasteiger partial charge in [-0.1, -0.05) is 52.9 Å². The molecule has 0 spiro atoms. The maximum absolute atomic E-state index is 12.2. The highest BCUT2D eigenvalue weighted by Crippen LogP contribution is 2.31. The van der Waals surface area contributed by atoms with E-state index in [1.54, 1.807) is 0 Å². The third-order valence-corrected chi connectivity index (χ3v) is 5.26. The number of rotatable bonds is 9. The molecular formula is C18H35NO2. The predicted molar refractivity (Wildman–Crippen MR) is 88.1 cm³/mol. The molecule has 0 aromatic carbocycles. The SMILES string of the molecule is CCCCC1CCC(C(=O)NCC(O)C(CC)CC)CC1. The van der Waals surface area contributed by atoms with E-state index >= 15 is 0 Å². The quantitative estimate of drug-likeness (QED) is 0.678. The molecule has 0 aliphatic heterocycles. The third-order valence-electron chi connectivity index (χ3n) is 5.26. The highest BCUT2D eigenvalue weighted by atomic mass is 16.3. The van der Waals surface area contributed by atoms with E-state index in [1.165, 1.54) is 32.1 Å². The molecule has 124 valence electrons. The first-order valence-corrected chi connectivity index (χ1v) is 9.08. The van der Waals surface area contributed by atoms with Gasteiger partial charge in [0, 0.05) is 12.5 Å². The van der Waals surface area contributed by atoms with Crippen molar-refractivity contribution in [2.24, 2.45) is 17.8 Å². The lowest BCUT2D eigenvalue weighted by atomic mass is 9.79. The van der Waals surface area contributed by atoms with Gasteiger partial charge in [-0.3, -0.25) is 4.79 Å². The molecule has 0 aromatic heterocycles. The molecule has 0 bridgehead atoms. The Morgan fingerprint density at radius 2 is 1.76 bits per heavy atom. The predicted octanol–water partition coefficient (Wildman–Crippen LogP) is 3.90. The summed E-state index contributed by atoms with van der Waals surface area (Å²) in [6, 6.07) is 0. The summed E-state index contributed by atoms with van der Waals surface area (Å²) >= 11 is 0. The second kappa shape index (κ2) is 10.2. The maximum atomic E-state index is 12.2. The lowest BCUT2D eigenvalue weighted by molar-refractivity contribution is -0.126. The summed E-state index contributed by atoms with van der Waals surface area (Å²) in [5.74, 6) is 1.48. The Labute approximate surface area is 130 Å². The summed E-state index contributed by atoms with van der Waals surface area (Å²) in [7, 11) is 0. The zero-order valence-corrected chi connectivity index (χ0v) is 14.2. The standard InChI is InChI=1S/C18H35NO2/c1-4-7-8-14-9-11-16(12-10-14)18(21)19-13-17(20)15(5-2)6-3/h14-17,20H,4-13H2,1-3H3,(H,19,21). The molecule has 1 aliphatic carbocycles. The molecule has 1 amide bonds. The van der Waals surface area contributed by atoms with E-state index in [0.29, 0.717) is 12.5 Å². The first-order chi connectivity index (χ1) is 10.1. The lowest BCUT2D eigenvalue weighted by Gasteiger charge is -2.28. The minimum absolute atomic E-state index is 0.161. The molecule has 0 aromatic rings. The molecule has 3 heteroatoms. The third kappa shape index (κ3) is 6.37. The average molecular weight is 297 g/mol. The van der Waals surface area contributed by atoms with E-state index in [-0.39, 0.29) is 11.8 Å². The van der Waals surface area contributed by atoms with Crippen LogP contribution in [-0.2, 0) is 4.79 Å². The van der Waals surface area contributed by atoms with Crippen molar-refractivity contribution in [3.05, 3.63) is 0 Å². The molecule has 0 radical (unpaired) electrons. The Kier molecular flexibility index (Phi) is 8.98. The number of aliphatic hydroxyl groups is 1. The number of amides is 1. The van der Waals surface area contributed by atoms with Crippen molar-refractivity contribution in [3.63, 3.8) is 0 Å². The van der Waals surface area contributed by atoms with Crippen LogP contribution in [0, 0.1) is 17.8 Å². The summed E-state index contributed by atoms with van der Waals surface area (Å²) in [6.07, 6.45) is 9.93. The molecule has 1 rings (SSSR count). The fraction of sp³-hybridized carbons (Fsp3) is 0.944. The summed E-state index contributed by atoms with van der Waals surface area (Å²) < 4.78 is 0.